The minimum absolute atomic E-state index is 0.0201. The lowest BCUT2D eigenvalue weighted by Crippen LogP contribution is -2.55. The number of hydrogen-bond donors (Lipinski definition) is 1. The van der Waals surface area contributed by atoms with Crippen LogP contribution in [0.4, 0.5) is 15.8 Å². The molecule has 8 nitrogen and oxygen atoms in total. The molecule has 0 radical (unpaired) electrons. The maximum atomic E-state index is 14.0. The van der Waals surface area contributed by atoms with Crippen LogP contribution in [0.2, 0.25) is 0 Å². The van der Waals surface area contributed by atoms with Gasteiger partial charge in [-0.25, -0.2) is 9.07 Å². The predicted octanol–water partition coefficient (Wildman–Crippen LogP) is 3.11. The van der Waals surface area contributed by atoms with Gasteiger partial charge in [-0.2, -0.15) is 15.3 Å². The first kappa shape index (κ1) is 19.8. The lowest BCUT2D eigenvalue weighted by Gasteiger charge is -2.37. The van der Waals surface area contributed by atoms with Crippen LogP contribution in [0.1, 0.15) is 5.56 Å². The summed E-state index contributed by atoms with van der Waals surface area (Å²) in [5.41, 5.74) is 0.540. The number of amides is 1. The first-order valence-electron chi connectivity index (χ1n) is 10.5. The van der Waals surface area contributed by atoms with Gasteiger partial charge in [0.1, 0.15) is 12.4 Å². The van der Waals surface area contributed by atoms with Crippen molar-refractivity contribution in [2.24, 2.45) is 0 Å². The molecular formula is C25H15FN6O2. The van der Waals surface area contributed by atoms with Crippen molar-refractivity contribution in [2.45, 2.75) is 5.66 Å². The summed E-state index contributed by atoms with van der Waals surface area (Å²) in [7, 11) is 0. The molecule has 9 heteroatoms. The number of para-hydroxylation sites is 2. The highest BCUT2D eigenvalue weighted by atomic mass is 19.1. The van der Waals surface area contributed by atoms with E-state index < -0.39 is 22.9 Å². The summed E-state index contributed by atoms with van der Waals surface area (Å²) in [5, 5.41) is 17.3. The molecule has 34 heavy (non-hydrogen) atoms. The van der Waals surface area contributed by atoms with Gasteiger partial charge in [-0.1, -0.05) is 30.3 Å². The van der Waals surface area contributed by atoms with Crippen LogP contribution in [-0.2, 0) is 10.5 Å². The van der Waals surface area contributed by atoms with Crippen LogP contribution in [0.3, 0.4) is 0 Å². The number of nitriles is 1. The van der Waals surface area contributed by atoms with Crippen molar-refractivity contribution < 1.29 is 9.18 Å². The number of nitrogens with zero attached hydrogens (tertiary/aromatic N) is 5. The van der Waals surface area contributed by atoms with Gasteiger partial charge in [0.2, 0.25) is 5.66 Å². The van der Waals surface area contributed by atoms with E-state index in [1.54, 1.807) is 42.5 Å². The molecule has 0 fully saturated rings. The molecule has 0 aliphatic carbocycles. The average molecular weight is 450 g/mol. The Balaban J connectivity index is 1.70. The number of benzene rings is 3. The van der Waals surface area contributed by atoms with E-state index in [1.165, 1.54) is 33.8 Å². The lowest BCUT2D eigenvalue weighted by molar-refractivity contribution is -0.123. The van der Waals surface area contributed by atoms with Crippen LogP contribution < -0.4 is 15.8 Å². The molecule has 3 heterocycles. The third-order valence-corrected chi connectivity index (χ3v) is 6.10. The molecule has 1 amide bonds. The molecule has 0 saturated carbocycles. The van der Waals surface area contributed by atoms with Crippen molar-refractivity contribution in [2.75, 3.05) is 16.8 Å². The molecule has 1 aromatic heterocycles. The van der Waals surface area contributed by atoms with Crippen LogP contribution in [0, 0.1) is 17.1 Å². The highest BCUT2D eigenvalue weighted by Crippen LogP contribution is 2.48. The predicted molar refractivity (Wildman–Crippen MR) is 122 cm³/mol. The van der Waals surface area contributed by atoms with Crippen LogP contribution in [-0.4, -0.2) is 27.2 Å². The quantitative estimate of drug-likeness (QED) is 0.471. The van der Waals surface area contributed by atoms with E-state index >= 15 is 0 Å². The molecule has 0 saturated heterocycles. The number of hydrogen-bond acceptors (Lipinski definition) is 6. The van der Waals surface area contributed by atoms with Gasteiger partial charge in [0.05, 0.1) is 11.8 Å². The van der Waals surface area contributed by atoms with E-state index in [4.69, 9.17) is 0 Å². The summed E-state index contributed by atoms with van der Waals surface area (Å²) in [5.74, 6) is -0.657. The van der Waals surface area contributed by atoms with Gasteiger partial charge >= 0.3 is 0 Å². The van der Waals surface area contributed by atoms with Crippen LogP contribution in [0.15, 0.2) is 77.6 Å². The highest BCUT2D eigenvalue weighted by molar-refractivity contribution is 6.11. The number of anilines is 2. The summed E-state index contributed by atoms with van der Waals surface area (Å²) < 4.78 is 14.9. The fraction of sp³-hybridized carbons (Fsp3) is 0.0800. The molecule has 164 valence electrons. The molecule has 1 unspecified atom stereocenters. The summed E-state index contributed by atoms with van der Waals surface area (Å²) >= 11 is 0. The summed E-state index contributed by atoms with van der Waals surface area (Å²) in [6.07, 6.45) is 0. The maximum Gasteiger partial charge on any atom is 0.300 e. The first-order chi connectivity index (χ1) is 16.5. The number of carbonyl (C=O) groups excluding carboxylic acids is 1. The minimum Gasteiger partial charge on any atom is -0.349 e. The second kappa shape index (κ2) is 7.08. The van der Waals surface area contributed by atoms with Crippen molar-refractivity contribution in [3.63, 3.8) is 0 Å². The molecule has 2 aliphatic heterocycles. The van der Waals surface area contributed by atoms with Gasteiger partial charge in [-0.05, 0) is 42.5 Å². The van der Waals surface area contributed by atoms with Crippen molar-refractivity contribution >= 4 is 17.3 Å². The van der Waals surface area contributed by atoms with E-state index in [0.29, 0.717) is 28.1 Å². The van der Waals surface area contributed by atoms with Crippen molar-refractivity contribution in [1.82, 2.24) is 14.8 Å². The van der Waals surface area contributed by atoms with Gasteiger partial charge in [0.25, 0.3) is 11.5 Å². The monoisotopic (exact) mass is 450 g/mol. The molecule has 1 spiro atoms. The average Bonchev–Trinajstić information content (AvgIpc) is 3.08. The Hall–Kier alpha value is -4.84. The minimum atomic E-state index is -1.56. The summed E-state index contributed by atoms with van der Waals surface area (Å²) in [4.78, 5) is 32.7. The molecule has 4 aromatic rings. The van der Waals surface area contributed by atoms with Crippen molar-refractivity contribution in [1.29, 1.82) is 5.26 Å². The molecule has 0 bridgehead atoms. The second-order valence-electron chi connectivity index (χ2n) is 7.96. The number of nitrogens with one attached hydrogen (secondary N) is 1. The SMILES string of the molecule is N#CCN1C(=O)C2(Nc3ccccc3-c3nc(=O)c(-c4ccc(F)cc4)nn32)c2ccccc21. The zero-order valence-corrected chi connectivity index (χ0v) is 17.6. The van der Waals surface area contributed by atoms with Gasteiger partial charge in [-0.15, -0.1) is 0 Å². The topological polar surface area (TPSA) is 104 Å². The fourth-order valence-electron chi connectivity index (χ4n) is 4.61. The zero-order valence-electron chi connectivity index (χ0n) is 17.6. The van der Waals surface area contributed by atoms with E-state index in [0.717, 1.165) is 0 Å². The van der Waals surface area contributed by atoms with Crippen LogP contribution in [0.25, 0.3) is 22.6 Å². The van der Waals surface area contributed by atoms with Gasteiger partial charge in [0.15, 0.2) is 11.5 Å². The van der Waals surface area contributed by atoms with E-state index in [-0.39, 0.29) is 18.1 Å². The lowest BCUT2D eigenvalue weighted by atomic mass is 9.96. The fourth-order valence-corrected chi connectivity index (χ4v) is 4.61. The van der Waals surface area contributed by atoms with Gasteiger partial charge in [0, 0.05) is 22.4 Å². The molecule has 1 atom stereocenters. The smallest absolute Gasteiger partial charge is 0.300 e. The Morgan fingerprint density at radius 2 is 1.74 bits per heavy atom. The summed E-state index contributed by atoms with van der Waals surface area (Å²) in [6.45, 7) is -0.158. The van der Waals surface area contributed by atoms with E-state index in [1.807, 2.05) is 12.1 Å². The Labute approximate surface area is 192 Å². The van der Waals surface area contributed by atoms with Crippen molar-refractivity contribution in [3.05, 3.63) is 94.5 Å². The van der Waals surface area contributed by atoms with Crippen LogP contribution in [0.5, 0.6) is 0 Å². The number of halogens is 1. The first-order valence-corrected chi connectivity index (χ1v) is 10.5. The number of fused-ring (bicyclic) bond motifs is 6. The number of rotatable bonds is 2. The third-order valence-electron chi connectivity index (χ3n) is 6.10. The number of aromatic nitrogens is 3. The Kier molecular flexibility index (Phi) is 4.13. The van der Waals surface area contributed by atoms with E-state index in [2.05, 4.69) is 15.4 Å². The van der Waals surface area contributed by atoms with Crippen molar-refractivity contribution in [3.8, 4) is 28.7 Å². The maximum absolute atomic E-state index is 14.0. The van der Waals surface area contributed by atoms with E-state index in [9.17, 15) is 19.2 Å². The van der Waals surface area contributed by atoms with Gasteiger partial charge < -0.3 is 5.32 Å². The Bertz CT molecular complexity index is 1590. The van der Waals surface area contributed by atoms with Crippen LogP contribution >= 0.6 is 0 Å². The molecule has 1 N–H and O–H groups in total. The summed E-state index contributed by atoms with van der Waals surface area (Å²) in [6, 6.07) is 21.7. The largest absolute Gasteiger partial charge is 0.349 e. The second-order valence-corrected chi connectivity index (χ2v) is 7.96. The van der Waals surface area contributed by atoms with Gasteiger partial charge in [-0.3, -0.25) is 14.5 Å². The Morgan fingerprint density at radius 3 is 2.53 bits per heavy atom. The third kappa shape index (κ3) is 2.56. The molecule has 3 aromatic carbocycles. The normalized spacial score (nSPS) is 17.5. The molecule has 6 rings (SSSR count). The number of carbonyl (C=O) groups is 1. The zero-order chi connectivity index (χ0) is 23.4. The Morgan fingerprint density at radius 1 is 1.00 bits per heavy atom. The standard InChI is InChI=1S/C25H15FN6O2/c26-16-11-9-15(10-12-16)21-23(33)28-22-17-5-1-3-7-19(17)29-25(32(22)30-21)18-6-2-4-8-20(18)31(14-13-27)24(25)34/h1-12,29H,14H2. The highest BCUT2D eigenvalue weighted by Gasteiger charge is 2.56. The molecular weight excluding hydrogens is 435 g/mol. The molecule has 2 aliphatic rings.